The first kappa shape index (κ1) is 36.5. The average Bonchev–Trinajstić information content (AvgIpc) is 3.59. The molecule has 258 valence electrons. The van der Waals surface area contributed by atoms with Crippen LogP contribution in [0.4, 0.5) is 5.13 Å². The fraction of sp³-hybridized carbons (Fsp3) is 0.459. The normalized spacial score (nSPS) is 15.6. The number of hydrogen-bond donors (Lipinski definition) is 1. The van der Waals surface area contributed by atoms with Crippen LogP contribution in [0.3, 0.4) is 0 Å². The number of aliphatic hydroxyl groups is 1. The molecule has 10 nitrogen and oxygen atoms in total. The Morgan fingerprint density at radius 1 is 0.958 bits per heavy atom. The molecule has 3 aromatic rings. The fourth-order valence-corrected chi connectivity index (χ4v) is 6.20. The second-order valence-electron chi connectivity index (χ2n) is 12.1. The molecule has 1 amide bonds. The van der Waals surface area contributed by atoms with E-state index in [1.54, 1.807) is 49.4 Å². The van der Waals surface area contributed by atoms with Crippen LogP contribution < -0.4 is 19.1 Å². The van der Waals surface area contributed by atoms with E-state index in [1.165, 1.54) is 12.0 Å². The number of aryl methyl sites for hydroxylation is 1. The van der Waals surface area contributed by atoms with Gasteiger partial charge in [0.2, 0.25) is 0 Å². The molecule has 1 atom stereocenters. The van der Waals surface area contributed by atoms with E-state index in [1.807, 2.05) is 13.8 Å². The van der Waals surface area contributed by atoms with Crippen molar-refractivity contribution < 1.29 is 38.4 Å². The van der Waals surface area contributed by atoms with Gasteiger partial charge in [-0.2, -0.15) is 0 Å². The van der Waals surface area contributed by atoms with Crippen molar-refractivity contribution in [1.29, 1.82) is 0 Å². The lowest BCUT2D eigenvalue weighted by Crippen LogP contribution is -2.29. The van der Waals surface area contributed by atoms with E-state index in [9.17, 15) is 19.5 Å². The number of rotatable bonds is 17. The highest BCUT2D eigenvalue weighted by Crippen LogP contribution is 2.45. The van der Waals surface area contributed by atoms with Crippen LogP contribution in [-0.2, 0) is 14.3 Å². The number of carbonyl (C=O) groups excluding carboxylic acids is 3. The summed E-state index contributed by atoms with van der Waals surface area (Å²) >= 11 is 0.963. The smallest absolute Gasteiger partial charge is 0.350 e. The summed E-state index contributed by atoms with van der Waals surface area (Å²) in [6.45, 7) is 11.0. The number of hydrogen-bond acceptors (Lipinski definition) is 10. The third-order valence-electron chi connectivity index (χ3n) is 7.82. The first-order valence-corrected chi connectivity index (χ1v) is 17.4. The Bertz CT molecular complexity index is 1610. The van der Waals surface area contributed by atoms with Crippen molar-refractivity contribution in [3.05, 3.63) is 69.7 Å². The Morgan fingerprint density at radius 3 is 2.33 bits per heavy atom. The van der Waals surface area contributed by atoms with Crippen molar-refractivity contribution >= 4 is 39.9 Å². The van der Waals surface area contributed by atoms with Crippen LogP contribution in [0.25, 0.3) is 5.76 Å². The number of methoxy groups -OCH3 is 1. The summed E-state index contributed by atoms with van der Waals surface area (Å²) < 4.78 is 22.9. The standard InChI is InChI=1S/C37H46N2O8S/c1-7-9-11-12-20-46-28-18-15-26(21-29(28)44-6)31-30(32(40)25-13-16-27(17-14-25)45-19-10-8-2)33(41)35(42)39(31)37-38-24(5)34(48-37)36(43)47-22-23(3)4/h13-18,21,23,31,40H,7-12,19-20,22H2,1-6H3/t31-/m1/s1. The first-order valence-electron chi connectivity index (χ1n) is 16.6. The van der Waals surface area contributed by atoms with Crippen molar-refractivity contribution in [3.63, 3.8) is 0 Å². The van der Waals surface area contributed by atoms with Crippen molar-refractivity contribution in [2.45, 2.75) is 79.2 Å². The summed E-state index contributed by atoms with van der Waals surface area (Å²) in [6, 6.07) is 10.8. The van der Waals surface area contributed by atoms with E-state index in [-0.39, 0.29) is 33.9 Å². The Balaban J connectivity index is 1.78. The molecule has 4 rings (SSSR count). The number of nitrogens with zero attached hydrogens (tertiary/aromatic N) is 2. The van der Waals surface area contributed by atoms with Crippen molar-refractivity contribution in [2.75, 3.05) is 31.8 Å². The Morgan fingerprint density at radius 2 is 1.67 bits per heavy atom. The quantitative estimate of drug-likeness (QED) is 0.0497. The minimum Gasteiger partial charge on any atom is -0.507 e. The van der Waals surface area contributed by atoms with Gasteiger partial charge >= 0.3 is 11.9 Å². The molecule has 11 heteroatoms. The number of esters is 1. The van der Waals surface area contributed by atoms with Crippen LogP contribution in [0, 0.1) is 12.8 Å². The summed E-state index contributed by atoms with van der Waals surface area (Å²) in [7, 11) is 1.52. The van der Waals surface area contributed by atoms with Gasteiger partial charge in [0.25, 0.3) is 5.78 Å². The monoisotopic (exact) mass is 678 g/mol. The molecular weight excluding hydrogens is 632 g/mol. The highest BCUT2D eigenvalue weighted by molar-refractivity contribution is 7.17. The van der Waals surface area contributed by atoms with E-state index in [2.05, 4.69) is 18.8 Å². The summed E-state index contributed by atoms with van der Waals surface area (Å²) in [6.07, 6.45) is 6.09. The van der Waals surface area contributed by atoms with Crippen LogP contribution in [-0.4, -0.2) is 54.7 Å². The number of aromatic nitrogens is 1. The zero-order valence-corrected chi connectivity index (χ0v) is 29.5. The predicted octanol–water partition coefficient (Wildman–Crippen LogP) is 8.04. The van der Waals surface area contributed by atoms with Crippen LogP contribution in [0.1, 0.15) is 98.8 Å². The van der Waals surface area contributed by atoms with Gasteiger partial charge in [-0.15, -0.1) is 0 Å². The topological polar surface area (TPSA) is 124 Å². The van der Waals surface area contributed by atoms with Crippen LogP contribution in [0.2, 0.25) is 0 Å². The minimum absolute atomic E-state index is 0.119. The van der Waals surface area contributed by atoms with Gasteiger partial charge in [-0.25, -0.2) is 9.78 Å². The number of aliphatic hydroxyl groups excluding tert-OH is 1. The third kappa shape index (κ3) is 8.55. The number of thiazole rings is 1. The highest BCUT2D eigenvalue weighted by atomic mass is 32.1. The molecular formula is C37H46N2O8S. The van der Waals surface area contributed by atoms with Crippen LogP contribution >= 0.6 is 11.3 Å². The maximum absolute atomic E-state index is 13.8. The molecule has 1 aliphatic heterocycles. The Kier molecular flexibility index (Phi) is 13.0. The maximum atomic E-state index is 13.8. The average molecular weight is 679 g/mol. The molecule has 1 aliphatic rings. The van der Waals surface area contributed by atoms with Gasteiger partial charge in [0.15, 0.2) is 16.6 Å². The lowest BCUT2D eigenvalue weighted by molar-refractivity contribution is -0.132. The molecule has 2 aromatic carbocycles. The van der Waals surface area contributed by atoms with Gasteiger partial charge in [-0.3, -0.25) is 14.5 Å². The van der Waals surface area contributed by atoms with Gasteiger partial charge in [0.05, 0.1) is 44.2 Å². The molecule has 0 bridgehead atoms. The van der Waals surface area contributed by atoms with Gasteiger partial charge in [-0.05, 0) is 67.6 Å². The zero-order valence-electron chi connectivity index (χ0n) is 28.7. The second-order valence-corrected chi connectivity index (χ2v) is 13.1. The number of Topliss-reactive ketones (excluding diaryl/α,β-unsaturated/α-hetero) is 1. The fourth-order valence-electron chi connectivity index (χ4n) is 5.21. The molecule has 1 fully saturated rings. The summed E-state index contributed by atoms with van der Waals surface area (Å²) in [5.74, 6) is -0.969. The predicted molar refractivity (Wildman–Crippen MR) is 186 cm³/mol. The Labute approximate surface area is 286 Å². The van der Waals surface area contributed by atoms with Crippen molar-refractivity contribution in [2.24, 2.45) is 5.92 Å². The van der Waals surface area contributed by atoms with Gasteiger partial charge in [0.1, 0.15) is 16.4 Å². The lowest BCUT2D eigenvalue weighted by Gasteiger charge is -2.24. The molecule has 1 aromatic heterocycles. The molecule has 0 saturated carbocycles. The first-order chi connectivity index (χ1) is 23.1. The van der Waals surface area contributed by atoms with Crippen LogP contribution in [0.15, 0.2) is 48.0 Å². The SMILES string of the molecule is CCCCCCOc1ccc([C@@H]2C(=C(O)c3ccc(OCCCC)cc3)C(=O)C(=O)N2c2nc(C)c(C(=O)OCC(C)C)s2)cc1OC. The molecule has 1 saturated heterocycles. The van der Waals surface area contributed by atoms with Crippen molar-refractivity contribution in [3.8, 4) is 17.2 Å². The second kappa shape index (κ2) is 17.1. The van der Waals surface area contributed by atoms with E-state index in [0.29, 0.717) is 47.3 Å². The number of ether oxygens (including phenoxy) is 4. The van der Waals surface area contributed by atoms with Gasteiger partial charge in [0, 0.05) is 5.56 Å². The summed E-state index contributed by atoms with van der Waals surface area (Å²) in [5, 5.41) is 11.8. The molecule has 0 unspecified atom stereocenters. The molecule has 0 aliphatic carbocycles. The number of benzene rings is 2. The number of ketones is 1. The van der Waals surface area contributed by atoms with E-state index < -0.39 is 23.7 Å². The number of amides is 1. The summed E-state index contributed by atoms with van der Waals surface area (Å²) in [4.78, 5) is 46.5. The minimum atomic E-state index is -1.08. The number of anilines is 1. The third-order valence-corrected chi connectivity index (χ3v) is 8.96. The number of unbranched alkanes of at least 4 members (excludes halogenated alkanes) is 4. The summed E-state index contributed by atoms with van der Waals surface area (Å²) in [5.41, 5.74) is 1.08. The van der Waals surface area contributed by atoms with Crippen molar-refractivity contribution in [1.82, 2.24) is 4.98 Å². The molecule has 0 spiro atoms. The molecule has 1 N–H and O–H groups in total. The van der Waals surface area contributed by atoms with Gasteiger partial charge < -0.3 is 24.1 Å². The maximum Gasteiger partial charge on any atom is 0.350 e. The zero-order chi connectivity index (χ0) is 34.8. The number of carbonyl (C=O) groups is 3. The highest BCUT2D eigenvalue weighted by Gasteiger charge is 2.48. The van der Waals surface area contributed by atoms with Crippen LogP contribution in [0.5, 0.6) is 17.2 Å². The van der Waals surface area contributed by atoms with E-state index in [0.717, 1.165) is 49.9 Å². The largest absolute Gasteiger partial charge is 0.507 e. The van der Waals surface area contributed by atoms with E-state index >= 15 is 0 Å². The Hall–Kier alpha value is -4.38. The molecule has 0 radical (unpaired) electrons. The molecule has 48 heavy (non-hydrogen) atoms. The van der Waals surface area contributed by atoms with E-state index in [4.69, 9.17) is 18.9 Å². The molecule has 2 heterocycles. The lowest BCUT2D eigenvalue weighted by atomic mass is 9.95. The van der Waals surface area contributed by atoms with Gasteiger partial charge in [-0.1, -0.05) is 70.8 Å².